The summed E-state index contributed by atoms with van der Waals surface area (Å²) in [6.07, 6.45) is 4.21. The number of hydrogen-bond acceptors (Lipinski definition) is 8. The van der Waals surface area contributed by atoms with Gasteiger partial charge in [-0.15, -0.1) is 12.6 Å². The molecule has 42 heavy (non-hydrogen) atoms. The van der Waals surface area contributed by atoms with Gasteiger partial charge in [0.1, 0.15) is 12.3 Å². The second-order valence-corrected chi connectivity index (χ2v) is 10.4. The normalized spacial score (nSPS) is 12.6. The van der Waals surface area contributed by atoms with Crippen LogP contribution in [-0.4, -0.2) is 75.5 Å². The molecule has 2 rings (SSSR count). The average Bonchev–Trinajstić information content (AvgIpc) is 2.99. The number of rotatable bonds is 14. The minimum absolute atomic E-state index is 0.0306. The quantitative estimate of drug-likeness (QED) is 0.192. The van der Waals surface area contributed by atoms with Gasteiger partial charge in [0.05, 0.1) is 24.8 Å². The van der Waals surface area contributed by atoms with Crippen LogP contribution in [0.15, 0.2) is 59.5 Å². The Morgan fingerprint density at radius 1 is 1.19 bits per heavy atom. The van der Waals surface area contributed by atoms with E-state index in [0.29, 0.717) is 32.2 Å². The van der Waals surface area contributed by atoms with Gasteiger partial charge in [0.25, 0.3) is 0 Å². The molecule has 2 amide bonds. The van der Waals surface area contributed by atoms with Crippen molar-refractivity contribution in [2.45, 2.75) is 52.2 Å². The molecule has 4 N–H and O–H groups in total. The number of thiol groups is 1. The van der Waals surface area contributed by atoms with E-state index in [-0.39, 0.29) is 24.6 Å². The van der Waals surface area contributed by atoms with Crippen LogP contribution in [0.4, 0.5) is 0 Å². The Morgan fingerprint density at radius 2 is 1.86 bits per heavy atom. The molecule has 0 aliphatic rings. The van der Waals surface area contributed by atoms with Crippen LogP contribution in [0.3, 0.4) is 0 Å². The molecule has 0 bridgehead atoms. The molecule has 0 saturated heterocycles. The molecule has 0 aliphatic carbocycles. The van der Waals surface area contributed by atoms with Gasteiger partial charge >= 0.3 is 0 Å². The maximum Gasteiger partial charge on any atom is 0.242 e. The molecule has 0 saturated carbocycles. The fraction of sp³-hybridized carbons (Fsp3) is 0.438. The number of aldehydes is 1. The minimum Gasteiger partial charge on any atom is -0.378 e. The van der Waals surface area contributed by atoms with E-state index in [1.54, 1.807) is 13.2 Å². The van der Waals surface area contributed by atoms with Crippen LogP contribution in [0, 0.1) is 25.2 Å². The van der Waals surface area contributed by atoms with E-state index in [4.69, 9.17) is 15.7 Å². The summed E-state index contributed by atoms with van der Waals surface area (Å²) >= 11 is 4.07. The molecule has 0 spiro atoms. The molecule has 2 aromatic carbocycles. The van der Waals surface area contributed by atoms with Crippen LogP contribution in [0.1, 0.15) is 37.8 Å². The molecule has 2 unspecified atom stereocenters. The van der Waals surface area contributed by atoms with Crippen LogP contribution < -0.4 is 16.4 Å². The number of amides is 2. The molecule has 2 atom stereocenters. The number of methoxy groups -OCH3 is 1. The van der Waals surface area contributed by atoms with Gasteiger partial charge in [-0.3, -0.25) is 9.59 Å². The van der Waals surface area contributed by atoms with Crippen molar-refractivity contribution in [3.05, 3.63) is 70.6 Å². The van der Waals surface area contributed by atoms with Gasteiger partial charge in [0.15, 0.2) is 0 Å². The molecule has 0 heterocycles. The summed E-state index contributed by atoms with van der Waals surface area (Å²) in [7, 11) is 3.44. The van der Waals surface area contributed by atoms with Gasteiger partial charge in [-0.2, -0.15) is 5.26 Å². The number of carbonyl (C=O) groups is 3. The first-order chi connectivity index (χ1) is 20.0. The third-order valence-corrected chi connectivity index (χ3v) is 6.79. The predicted molar refractivity (Wildman–Crippen MR) is 173 cm³/mol. The molecule has 2 aromatic rings. The standard InChI is InChI=1S/C14H14.C12H22N2O4.C6H11N3S/c1-11-8-9-14(12(2)10-11)13-6-4-3-5-7-13;1-4-12(2,18-3)5-6-14(7-8-15)11(17)9-13-10-16;1-9-4-6(10)2-5(8)3-7/h3-10H,1-2H3;8,10H,4-7,9H2,1-3H3,(H,13,16);2,5,9-10H,4,8H2,1H3/b;;6-2-. The van der Waals surface area contributed by atoms with Gasteiger partial charge in [-0.25, -0.2) is 0 Å². The van der Waals surface area contributed by atoms with Gasteiger partial charge in [-0.1, -0.05) is 61.0 Å². The van der Waals surface area contributed by atoms with E-state index in [0.717, 1.165) is 11.3 Å². The van der Waals surface area contributed by atoms with Crippen LogP contribution in [0.5, 0.6) is 0 Å². The predicted octanol–water partition coefficient (Wildman–Crippen LogP) is 3.81. The summed E-state index contributed by atoms with van der Waals surface area (Å²) in [4.78, 5) is 34.6. The lowest BCUT2D eigenvalue weighted by Crippen LogP contribution is -2.42. The zero-order chi connectivity index (χ0) is 32.0. The molecule has 0 radical (unpaired) electrons. The van der Waals surface area contributed by atoms with Crippen molar-refractivity contribution >= 4 is 31.2 Å². The van der Waals surface area contributed by atoms with Gasteiger partial charge < -0.3 is 30.8 Å². The molecule has 0 aliphatic heterocycles. The van der Waals surface area contributed by atoms with E-state index >= 15 is 0 Å². The Labute approximate surface area is 256 Å². The molecular weight excluding hydrogens is 550 g/mol. The smallest absolute Gasteiger partial charge is 0.242 e. The Morgan fingerprint density at radius 3 is 2.36 bits per heavy atom. The topological polar surface area (TPSA) is 138 Å². The van der Waals surface area contributed by atoms with Crippen molar-refractivity contribution in [2.24, 2.45) is 5.73 Å². The summed E-state index contributed by atoms with van der Waals surface area (Å²) < 4.78 is 5.38. The summed E-state index contributed by atoms with van der Waals surface area (Å²) in [5, 5.41) is 13.5. The SMILES string of the molecule is CCC(C)(CCN(CC=O)C(=O)CNC=O)OC.CNC/C(S)=C/C(N)C#N.Cc1ccc(-c2ccccc2)c(C)c1. The molecule has 230 valence electrons. The van der Waals surface area contributed by atoms with E-state index < -0.39 is 6.04 Å². The molecule has 0 fully saturated rings. The number of carbonyl (C=O) groups excluding carboxylic acids is 3. The van der Waals surface area contributed by atoms with Crippen molar-refractivity contribution < 1.29 is 19.1 Å². The molecule has 0 aromatic heterocycles. The highest BCUT2D eigenvalue weighted by Crippen LogP contribution is 2.23. The number of nitriles is 1. The molecular formula is C32H47N5O4S. The summed E-state index contributed by atoms with van der Waals surface area (Å²) in [5.74, 6) is -0.274. The summed E-state index contributed by atoms with van der Waals surface area (Å²) in [5.41, 5.74) is 10.3. The third kappa shape index (κ3) is 16.1. The first-order valence-electron chi connectivity index (χ1n) is 13.8. The second kappa shape index (κ2) is 22.2. The van der Waals surface area contributed by atoms with E-state index in [9.17, 15) is 14.4 Å². The maximum absolute atomic E-state index is 11.7. The number of nitrogens with one attached hydrogen (secondary N) is 2. The summed E-state index contributed by atoms with van der Waals surface area (Å²) in [6.45, 7) is 9.27. The van der Waals surface area contributed by atoms with Crippen molar-refractivity contribution in [2.75, 3.05) is 40.3 Å². The number of likely N-dealkylation sites (N-methyl/N-ethyl adjacent to an activating group) is 1. The zero-order valence-electron chi connectivity index (χ0n) is 25.7. The van der Waals surface area contributed by atoms with Crippen LogP contribution >= 0.6 is 12.6 Å². The fourth-order valence-corrected chi connectivity index (χ4v) is 4.00. The van der Waals surface area contributed by atoms with E-state index in [2.05, 4.69) is 79.6 Å². The first kappa shape index (κ1) is 38.5. The lowest BCUT2D eigenvalue weighted by Gasteiger charge is -2.30. The minimum atomic E-state index is -0.541. The number of ether oxygens (including phenoxy) is 1. The highest BCUT2D eigenvalue weighted by Gasteiger charge is 2.23. The molecule has 10 heteroatoms. The number of nitrogens with zero attached hydrogens (tertiary/aromatic N) is 2. The number of aryl methyl sites for hydroxylation is 2. The largest absolute Gasteiger partial charge is 0.378 e. The van der Waals surface area contributed by atoms with Gasteiger partial charge in [0.2, 0.25) is 12.3 Å². The van der Waals surface area contributed by atoms with Gasteiger partial charge in [0, 0.05) is 20.2 Å². The van der Waals surface area contributed by atoms with Crippen LogP contribution in [0.25, 0.3) is 11.1 Å². The Kier molecular flexibility index (Phi) is 20.3. The monoisotopic (exact) mass is 597 g/mol. The number of nitrogens with two attached hydrogens (primary N) is 1. The fourth-order valence-electron chi connectivity index (χ4n) is 3.68. The van der Waals surface area contributed by atoms with E-state index in [1.165, 1.54) is 27.2 Å². The highest BCUT2D eigenvalue weighted by molar-refractivity contribution is 7.84. The third-order valence-electron chi connectivity index (χ3n) is 6.48. The van der Waals surface area contributed by atoms with Gasteiger partial charge in [-0.05, 0) is 68.3 Å². The Balaban J connectivity index is 0.000000625. The van der Waals surface area contributed by atoms with Crippen LogP contribution in [-0.2, 0) is 19.1 Å². The summed E-state index contributed by atoms with van der Waals surface area (Å²) in [6, 6.07) is 18.4. The maximum atomic E-state index is 11.7. The lowest BCUT2D eigenvalue weighted by atomic mass is 9.98. The van der Waals surface area contributed by atoms with Crippen molar-refractivity contribution in [3.8, 4) is 17.2 Å². The second-order valence-electron chi connectivity index (χ2n) is 9.79. The lowest BCUT2D eigenvalue weighted by molar-refractivity contribution is -0.133. The Bertz CT molecular complexity index is 1150. The van der Waals surface area contributed by atoms with Crippen molar-refractivity contribution in [3.63, 3.8) is 0 Å². The first-order valence-corrected chi connectivity index (χ1v) is 14.2. The highest BCUT2D eigenvalue weighted by atomic mass is 32.1. The van der Waals surface area contributed by atoms with E-state index in [1.807, 2.05) is 33.0 Å². The molecule has 9 nitrogen and oxygen atoms in total. The number of hydrogen-bond donors (Lipinski definition) is 4. The average molecular weight is 598 g/mol. The van der Waals surface area contributed by atoms with Crippen LogP contribution in [0.2, 0.25) is 0 Å². The van der Waals surface area contributed by atoms with Crippen molar-refractivity contribution in [1.29, 1.82) is 5.26 Å². The number of benzene rings is 2. The zero-order valence-corrected chi connectivity index (χ0v) is 26.6. The van der Waals surface area contributed by atoms with Crippen molar-refractivity contribution in [1.82, 2.24) is 15.5 Å². The Hall–Kier alpha value is -3.49.